The number of halogens is 1. The molecule has 0 amide bonds. The third-order valence-electron chi connectivity index (χ3n) is 5.80. The molecule has 0 N–H and O–H groups in total. The standard InChI is InChI=1S/C22H21ClN2O2/c1-24-7-8-25(19-6-5-17(23)12-20(19)24)13-16-11-22(26)27-21-10-15-4-2-3-14(15)9-18(16)21/h5-6,9-12H,2-4,7-8,13H2,1H3. The smallest absolute Gasteiger partial charge is 0.336 e. The Bertz CT molecular complexity index is 1110. The zero-order chi connectivity index (χ0) is 18.5. The number of fused-ring (bicyclic) bond motifs is 3. The molecule has 27 heavy (non-hydrogen) atoms. The van der Waals surface area contributed by atoms with E-state index in [0.29, 0.717) is 12.1 Å². The number of rotatable bonds is 2. The van der Waals surface area contributed by atoms with Crippen molar-refractivity contribution in [3.63, 3.8) is 0 Å². The Morgan fingerprint density at radius 1 is 1.04 bits per heavy atom. The molecule has 1 aromatic heterocycles. The normalized spacial score (nSPS) is 15.9. The molecule has 3 aromatic rings. The van der Waals surface area contributed by atoms with Crippen molar-refractivity contribution in [3.05, 3.63) is 68.5 Å². The summed E-state index contributed by atoms with van der Waals surface area (Å²) in [5, 5.41) is 1.80. The van der Waals surface area contributed by atoms with E-state index in [4.69, 9.17) is 16.0 Å². The summed E-state index contributed by atoms with van der Waals surface area (Å²) in [6.45, 7) is 2.50. The van der Waals surface area contributed by atoms with Gasteiger partial charge in [0.15, 0.2) is 0 Å². The molecule has 0 unspecified atom stereocenters. The lowest BCUT2D eigenvalue weighted by Crippen LogP contribution is -2.38. The van der Waals surface area contributed by atoms with E-state index in [9.17, 15) is 4.79 Å². The molecule has 0 bridgehead atoms. The molecule has 0 atom stereocenters. The van der Waals surface area contributed by atoms with E-state index >= 15 is 0 Å². The monoisotopic (exact) mass is 380 g/mol. The summed E-state index contributed by atoms with van der Waals surface area (Å²) in [7, 11) is 2.09. The Morgan fingerprint density at radius 3 is 2.70 bits per heavy atom. The van der Waals surface area contributed by atoms with Crippen LogP contribution in [0.4, 0.5) is 11.4 Å². The van der Waals surface area contributed by atoms with Crippen LogP contribution in [-0.4, -0.2) is 20.1 Å². The van der Waals surface area contributed by atoms with Crippen LogP contribution in [0.25, 0.3) is 11.0 Å². The molecule has 0 saturated carbocycles. The zero-order valence-electron chi connectivity index (χ0n) is 15.3. The molecule has 5 rings (SSSR count). The average molecular weight is 381 g/mol. The van der Waals surface area contributed by atoms with Crippen LogP contribution in [0.15, 0.2) is 45.6 Å². The lowest BCUT2D eigenvalue weighted by molar-refractivity contribution is 0.557. The van der Waals surface area contributed by atoms with Crippen molar-refractivity contribution in [3.8, 4) is 0 Å². The van der Waals surface area contributed by atoms with E-state index < -0.39 is 0 Å². The van der Waals surface area contributed by atoms with Gasteiger partial charge in [-0.05, 0) is 66.3 Å². The number of nitrogens with zero attached hydrogens (tertiary/aromatic N) is 2. The lowest BCUT2D eigenvalue weighted by atomic mass is 10.0. The molecule has 0 saturated heterocycles. The summed E-state index contributed by atoms with van der Waals surface area (Å²) in [5.41, 5.74) is 6.45. The maximum Gasteiger partial charge on any atom is 0.336 e. The largest absolute Gasteiger partial charge is 0.423 e. The van der Waals surface area contributed by atoms with Gasteiger partial charge in [-0.25, -0.2) is 4.79 Å². The average Bonchev–Trinajstić information content (AvgIpc) is 3.10. The van der Waals surface area contributed by atoms with Gasteiger partial charge in [-0.1, -0.05) is 11.6 Å². The summed E-state index contributed by atoms with van der Waals surface area (Å²) >= 11 is 6.20. The van der Waals surface area contributed by atoms with Gasteiger partial charge in [0.25, 0.3) is 0 Å². The second-order valence-corrected chi connectivity index (χ2v) is 7.97. The fourth-order valence-electron chi connectivity index (χ4n) is 4.38. The highest BCUT2D eigenvalue weighted by atomic mass is 35.5. The van der Waals surface area contributed by atoms with E-state index in [1.165, 1.54) is 17.5 Å². The van der Waals surface area contributed by atoms with E-state index in [1.54, 1.807) is 6.07 Å². The van der Waals surface area contributed by atoms with Crippen molar-refractivity contribution in [2.45, 2.75) is 25.8 Å². The van der Waals surface area contributed by atoms with Crippen LogP contribution in [0.2, 0.25) is 5.02 Å². The van der Waals surface area contributed by atoms with Gasteiger partial charge in [-0.15, -0.1) is 0 Å². The number of anilines is 2. The SMILES string of the molecule is CN1CCN(Cc2cc(=O)oc3cc4c(cc23)CCC4)c2ccc(Cl)cc21. The van der Waals surface area contributed by atoms with Crippen molar-refractivity contribution >= 4 is 33.9 Å². The van der Waals surface area contributed by atoms with Crippen LogP contribution in [0.1, 0.15) is 23.1 Å². The molecule has 1 aliphatic heterocycles. The van der Waals surface area contributed by atoms with Crippen molar-refractivity contribution in [2.75, 3.05) is 29.9 Å². The number of likely N-dealkylation sites (N-methyl/N-ethyl adjacent to an activating group) is 1. The van der Waals surface area contributed by atoms with Gasteiger partial charge >= 0.3 is 5.63 Å². The molecular weight excluding hydrogens is 360 g/mol. The molecule has 2 aliphatic rings. The molecule has 2 heterocycles. The van der Waals surface area contributed by atoms with Gasteiger partial charge in [0.05, 0.1) is 11.4 Å². The van der Waals surface area contributed by atoms with Crippen LogP contribution in [0, 0.1) is 0 Å². The molecule has 2 aromatic carbocycles. The molecule has 1 aliphatic carbocycles. The summed E-state index contributed by atoms with van der Waals surface area (Å²) in [4.78, 5) is 16.7. The van der Waals surface area contributed by atoms with Crippen LogP contribution in [0.5, 0.6) is 0 Å². The topological polar surface area (TPSA) is 36.7 Å². The summed E-state index contributed by atoms with van der Waals surface area (Å²) in [5.74, 6) is 0. The molecule has 5 heteroatoms. The van der Waals surface area contributed by atoms with Crippen molar-refractivity contribution in [2.24, 2.45) is 0 Å². The Labute approximate surface area is 163 Å². The predicted molar refractivity (Wildman–Crippen MR) is 110 cm³/mol. The molecule has 4 nitrogen and oxygen atoms in total. The van der Waals surface area contributed by atoms with Crippen LogP contribution >= 0.6 is 11.6 Å². The third-order valence-corrected chi connectivity index (χ3v) is 6.03. The number of aryl methyl sites for hydroxylation is 2. The quantitative estimate of drug-likeness (QED) is 0.618. The molecule has 138 valence electrons. The fourth-order valence-corrected chi connectivity index (χ4v) is 4.54. The van der Waals surface area contributed by atoms with E-state index in [-0.39, 0.29) is 5.63 Å². The maximum absolute atomic E-state index is 12.2. The molecule has 0 spiro atoms. The Kier molecular flexibility index (Phi) is 3.90. The minimum atomic E-state index is -0.277. The maximum atomic E-state index is 12.2. The fraction of sp³-hybridized carbons (Fsp3) is 0.318. The van der Waals surface area contributed by atoms with Gasteiger partial charge in [0.1, 0.15) is 5.58 Å². The number of hydrogen-bond donors (Lipinski definition) is 0. The highest BCUT2D eigenvalue weighted by Crippen LogP contribution is 2.36. The highest BCUT2D eigenvalue weighted by molar-refractivity contribution is 6.31. The molecular formula is C22H21ClN2O2. The first-order valence-corrected chi connectivity index (χ1v) is 9.80. The van der Waals surface area contributed by atoms with Crippen LogP contribution < -0.4 is 15.4 Å². The Morgan fingerprint density at radius 2 is 1.85 bits per heavy atom. The first-order chi connectivity index (χ1) is 13.1. The molecule has 0 fully saturated rings. The van der Waals surface area contributed by atoms with E-state index in [0.717, 1.165) is 53.3 Å². The first-order valence-electron chi connectivity index (χ1n) is 9.43. The lowest BCUT2D eigenvalue weighted by Gasteiger charge is -2.37. The van der Waals surface area contributed by atoms with Gasteiger partial charge in [0, 0.05) is 43.2 Å². The van der Waals surface area contributed by atoms with Crippen LogP contribution in [-0.2, 0) is 19.4 Å². The van der Waals surface area contributed by atoms with Gasteiger partial charge in [-0.2, -0.15) is 0 Å². The molecule has 0 radical (unpaired) electrons. The van der Waals surface area contributed by atoms with E-state index in [1.807, 2.05) is 12.1 Å². The number of hydrogen-bond acceptors (Lipinski definition) is 4. The summed E-state index contributed by atoms with van der Waals surface area (Å²) in [6, 6.07) is 12.0. The predicted octanol–water partition coefficient (Wildman–Crippen LogP) is 4.39. The number of benzene rings is 2. The van der Waals surface area contributed by atoms with E-state index in [2.05, 4.69) is 35.0 Å². The summed E-state index contributed by atoms with van der Waals surface area (Å²) < 4.78 is 5.52. The zero-order valence-corrected chi connectivity index (χ0v) is 16.1. The van der Waals surface area contributed by atoms with Crippen LogP contribution in [0.3, 0.4) is 0 Å². The van der Waals surface area contributed by atoms with Gasteiger partial charge < -0.3 is 14.2 Å². The van der Waals surface area contributed by atoms with Crippen molar-refractivity contribution in [1.29, 1.82) is 0 Å². The minimum absolute atomic E-state index is 0.277. The first kappa shape index (κ1) is 16.7. The van der Waals surface area contributed by atoms with Gasteiger partial charge in [0.2, 0.25) is 0 Å². The Balaban J connectivity index is 1.59. The highest BCUT2D eigenvalue weighted by Gasteiger charge is 2.22. The Hall–Kier alpha value is -2.46. The summed E-state index contributed by atoms with van der Waals surface area (Å²) in [6.07, 6.45) is 3.36. The minimum Gasteiger partial charge on any atom is -0.423 e. The second kappa shape index (κ2) is 6.31. The van der Waals surface area contributed by atoms with Crippen molar-refractivity contribution < 1.29 is 4.42 Å². The second-order valence-electron chi connectivity index (χ2n) is 7.54. The third kappa shape index (κ3) is 2.88. The van der Waals surface area contributed by atoms with Gasteiger partial charge in [-0.3, -0.25) is 0 Å². The van der Waals surface area contributed by atoms with Crippen molar-refractivity contribution in [1.82, 2.24) is 0 Å².